The summed E-state index contributed by atoms with van der Waals surface area (Å²) in [4.78, 5) is 15.0. The second kappa shape index (κ2) is 5.54. The lowest BCUT2D eigenvalue weighted by Gasteiger charge is -2.05. The maximum absolute atomic E-state index is 11.3. The van der Waals surface area contributed by atoms with Crippen LogP contribution >= 0.6 is 0 Å². The minimum absolute atomic E-state index is 0.160. The van der Waals surface area contributed by atoms with Gasteiger partial charge in [-0.3, -0.25) is 4.57 Å². The molecule has 0 amide bonds. The van der Waals surface area contributed by atoms with Crippen LogP contribution in [0.15, 0.2) is 17.2 Å². The molecule has 1 aromatic heterocycles. The van der Waals surface area contributed by atoms with Crippen molar-refractivity contribution in [3.63, 3.8) is 0 Å². The highest BCUT2D eigenvalue weighted by Gasteiger charge is 1.96. The van der Waals surface area contributed by atoms with Crippen LogP contribution in [0.25, 0.3) is 0 Å². The van der Waals surface area contributed by atoms with Gasteiger partial charge in [-0.1, -0.05) is 6.92 Å². The molecule has 0 saturated heterocycles. The standard InChI is InChI=1S/C10H17N3O/c1-3-11-5-4-6-13-8-9(2)7-12-10(13)14/h7-8,11H,3-6H2,1-2H3. The summed E-state index contributed by atoms with van der Waals surface area (Å²) < 4.78 is 1.66. The average molecular weight is 195 g/mol. The number of rotatable bonds is 5. The van der Waals surface area contributed by atoms with E-state index in [-0.39, 0.29) is 5.69 Å². The summed E-state index contributed by atoms with van der Waals surface area (Å²) in [7, 11) is 0. The van der Waals surface area contributed by atoms with E-state index in [0.29, 0.717) is 0 Å². The van der Waals surface area contributed by atoms with Crippen LogP contribution in [-0.4, -0.2) is 22.6 Å². The number of nitrogens with zero attached hydrogens (tertiary/aromatic N) is 2. The number of hydrogen-bond donors (Lipinski definition) is 1. The maximum Gasteiger partial charge on any atom is 0.347 e. The van der Waals surface area contributed by atoms with Crippen molar-refractivity contribution in [2.45, 2.75) is 26.8 Å². The average Bonchev–Trinajstić information content (AvgIpc) is 2.18. The largest absolute Gasteiger partial charge is 0.347 e. The van der Waals surface area contributed by atoms with Gasteiger partial charge in [-0.2, -0.15) is 0 Å². The molecule has 0 atom stereocenters. The van der Waals surface area contributed by atoms with Crippen molar-refractivity contribution in [1.29, 1.82) is 0 Å². The summed E-state index contributed by atoms with van der Waals surface area (Å²) >= 11 is 0. The van der Waals surface area contributed by atoms with Gasteiger partial charge in [0.2, 0.25) is 0 Å². The third-order valence-electron chi connectivity index (χ3n) is 1.99. The van der Waals surface area contributed by atoms with Crippen LogP contribution in [0.3, 0.4) is 0 Å². The molecule has 0 aliphatic heterocycles. The zero-order chi connectivity index (χ0) is 10.4. The molecule has 0 saturated carbocycles. The van der Waals surface area contributed by atoms with Crippen molar-refractivity contribution < 1.29 is 0 Å². The van der Waals surface area contributed by atoms with E-state index in [1.54, 1.807) is 10.8 Å². The van der Waals surface area contributed by atoms with Crippen molar-refractivity contribution in [3.05, 3.63) is 28.4 Å². The van der Waals surface area contributed by atoms with E-state index in [1.807, 2.05) is 13.1 Å². The molecule has 1 aromatic rings. The number of nitrogens with one attached hydrogen (secondary N) is 1. The van der Waals surface area contributed by atoms with Gasteiger partial charge in [-0.25, -0.2) is 9.78 Å². The molecule has 0 aliphatic rings. The number of aromatic nitrogens is 2. The molecule has 4 heteroatoms. The molecule has 0 bridgehead atoms. The molecule has 0 aliphatic carbocycles. The highest BCUT2D eigenvalue weighted by atomic mass is 16.1. The monoisotopic (exact) mass is 195 g/mol. The predicted molar refractivity (Wildman–Crippen MR) is 56.4 cm³/mol. The van der Waals surface area contributed by atoms with Crippen LogP contribution < -0.4 is 11.0 Å². The Labute approximate surface area is 84.0 Å². The van der Waals surface area contributed by atoms with E-state index in [0.717, 1.165) is 31.6 Å². The van der Waals surface area contributed by atoms with E-state index < -0.39 is 0 Å². The lowest BCUT2D eigenvalue weighted by Crippen LogP contribution is -2.24. The minimum atomic E-state index is -0.160. The fourth-order valence-corrected chi connectivity index (χ4v) is 1.28. The lowest BCUT2D eigenvalue weighted by molar-refractivity contribution is 0.569. The summed E-state index contributed by atoms with van der Waals surface area (Å²) in [5, 5.41) is 3.22. The molecule has 78 valence electrons. The third kappa shape index (κ3) is 3.30. The molecule has 0 aromatic carbocycles. The van der Waals surface area contributed by atoms with Crippen molar-refractivity contribution in [1.82, 2.24) is 14.9 Å². The van der Waals surface area contributed by atoms with Crippen LogP contribution in [0.5, 0.6) is 0 Å². The van der Waals surface area contributed by atoms with Crippen LogP contribution in [0.1, 0.15) is 18.9 Å². The van der Waals surface area contributed by atoms with Gasteiger partial charge in [0, 0.05) is 18.9 Å². The Kier molecular flexibility index (Phi) is 4.32. The van der Waals surface area contributed by atoms with Crippen molar-refractivity contribution >= 4 is 0 Å². The predicted octanol–water partition coefficient (Wildman–Crippen LogP) is 0.551. The van der Waals surface area contributed by atoms with E-state index in [2.05, 4.69) is 17.2 Å². The summed E-state index contributed by atoms with van der Waals surface area (Å²) in [5.74, 6) is 0. The highest BCUT2D eigenvalue weighted by Crippen LogP contribution is 1.91. The molecule has 1 rings (SSSR count). The molecule has 0 fully saturated rings. The fraction of sp³-hybridized carbons (Fsp3) is 0.600. The van der Waals surface area contributed by atoms with E-state index in [4.69, 9.17) is 0 Å². The summed E-state index contributed by atoms with van der Waals surface area (Å²) in [6.45, 7) is 6.66. The van der Waals surface area contributed by atoms with Crippen molar-refractivity contribution in [2.24, 2.45) is 0 Å². The normalized spacial score (nSPS) is 10.4. The Hall–Kier alpha value is -1.16. The minimum Gasteiger partial charge on any atom is -0.317 e. The molecule has 4 nitrogen and oxygen atoms in total. The summed E-state index contributed by atoms with van der Waals surface area (Å²) in [6, 6.07) is 0. The SMILES string of the molecule is CCNCCCn1cc(C)cnc1=O. The molecule has 0 spiro atoms. The lowest BCUT2D eigenvalue weighted by atomic mass is 10.3. The Bertz CT molecular complexity index is 332. The Morgan fingerprint density at radius 1 is 1.57 bits per heavy atom. The van der Waals surface area contributed by atoms with E-state index in [9.17, 15) is 4.79 Å². The molecule has 1 N–H and O–H groups in total. The van der Waals surface area contributed by atoms with Crippen LogP contribution in [0.2, 0.25) is 0 Å². The second-order valence-electron chi connectivity index (χ2n) is 3.31. The number of hydrogen-bond acceptors (Lipinski definition) is 3. The molecular weight excluding hydrogens is 178 g/mol. The van der Waals surface area contributed by atoms with Crippen molar-refractivity contribution in [3.8, 4) is 0 Å². The smallest absolute Gasteiger partial charge is 0.317 e. The molecule has 1 heterocycles. The first-order chi connectivity index (χ1) is 6.74. The number of aryl methyl sites for hydroxylation is 2. The molecule has 0 unspecified atom stereocenters. The van der Waals surface area contributed by atoms with Gasteiger partial charge in [0.1, 0.15) is 0 Å². The Balaban J connectivity index is 2.49. The molecule has 0 radical (unpaired) electrons. The van der Waals surface area contributed by atoms with Crippen LogP contribution in [0, 0.1) is 6.92 Å². The first-order valence-corrected chi connectivity index (χ1v) is 4.98. The Morgan fingerprint density at radius 2 is 2.36 bits per heavy atom. The van der Waals surface area contributed by atoms with Crippen LogP contribution in [0.4, 0.5) is 0 Å². The zero-order valence-corrected chi connectivity index (χ0v) is 8.79. The summed E-state index contributed by atoms with van der Waals surface area (Å²) in [6.07, 6.45) is 4.41. The third-order valence-corrected chi connectivity index (χ3v) is 1.99. The first kappa shape index (κ1) is 10.9. The van der Waals surface area contributed by atoms with Gasteiger partial charge < -0.3 is 5.32 Å². The fourth-order valence-electron chi connectivity index (χ4n) is 1.28. The molecular formula is C10H17N3O. The van der Waals surface area contributed by atoms with Gasteiger partial charge in [0.15, 0.2) is 0 Å². The van der Waals surface area contributed by atoms with E-state index >= 15 is 0 Å². The quantitative estimate of drug-likeness (QED) is 0.698. The molecule has 14 heavy (non-hydrogen) atoms. The van der Waals surface area contributed by atoms with Crippen molar-refractivity contribution in [2.75, 3.05) is 13.1 Å². The topological polar surface area (TPSA) is 46.9 Å². The van der Waals surface area contributed by atoms with Gasteiger partial charge in [0.25, 0.3) is 0 Å². The first-order valence-electron chi connectivity index (χ1n) is 4.98. The van der Waals surface area contributed by atoms with Crippen LogP contribution in [-0.2, 0) is 6.54 Å². The zero-order valence-electron chi connectivity index (χ0n) is 8.79. The van der Waals surface area contributed by atoms with Gasteiger partial charge in [0.05, 0.1) is 0 Å². The van der Waals surface area contributed by atoms with Gasteiger partial charge in [-0.05, 0) is 32.0 Å². The highest BCUT2D eigenvalue weighted by molar-refractivity contribution is 4.99. The maximum atomic E-state index is 11.3. The van der Waals surface area contributed by atoms with Gasteiger partial charge in [-0.15, -0.1) is 0 Å². The second-order valence-corrected chi connectivity index (χ2v) is 3.31. The van der Waals surface area contributed by atoms with E-state index in [1.165, 1.54) is 0 Å². The van der Waals surface area contributed by atoms with Gasteiger partial charge >= 0.3 is 5.69 Å². The Morgan fingerprint density at radius 3 is 3.07 bits per heavy atom. The summed E-state index contributed by atoms with van der Waals surface area (Å²) in [5.41, 5.74) is 0.861.